The molecule has 0 aromatic carbocycles. The van der Waals surface area contributed by atoms with Gasteiger partial charge in [-0.25, -0.2) is 0 Å². The lowest BCUT2D eigenvalue weighted by atomic mass is 9.85. The van der Waals surface area contributed by atoms with E-state index in [9.17, 15) is 4.79 Å². The van der Waals surface area contributed by atoms with E-state index in [1.165, 1.54) is 19.3 Å². The molecule has 1 saturated carbocycles. The second kappa shape index (κ2) is 6.11. The van der Waals surface area contributed by atoms with E-state index in [0.717, 1.165) is 18.9 Å². The Hall–Kier alpha value is -0.570. The number of carbonyl (C=O) groups is 1. The van der Waals surface area contributed by atoms with Gasteiger partial charge in [-0.15, -0.1) is 0 Å². The first-order chi connectivity index (χ1) is 7.13. The van der Waals surface area contributed by atoms with Gasteiger partial charge in [-0.2, -0.15) is 0 Å². The molecule has 0 aromatic rings. The quantitative estimate of drug-likeness (QED) is 0.703. The Morgan fingerprint density at radius 2 is 2.07 bits per heavy atom. The first-order valence-corrected chi connectivity index (χ1v) is 6.17. The summed E-state index contributed by atoms with van der Waals surface area (Å²) in [6, 6.07) is 0.227. The molecule has 2 atom stereocenters. The summed E-state index contributed by atoms with van der Waals surface area (Å²) < 4.78 is 0. The van der Waals surface area contributed by atoms with Crippen molar-refractivity contribution >= 4 is 5.91 Å². The smallest absolute Gasteiger partial charge is 0.237 e. The molecule has 0 aliphatic heterocycles. The molecule has 1 aliphatic carbocycles. The monoisotopic (exact) mass is 212 g/mol. The molecule has 1 amide bonds. The van der Waals surface area contributed by atoms with Gasteiger partial charge >= 0.3 is 0 Å². The second-order valence-electron chi connectivity index (χ2n) is 4.74. The summed E-state index contributed by atoms with van der Waals surface area (Å²) in [7, 11) is 0. The van der Waals surface area contributed by atoms with Crippen LogP contribution in [-0.2, 0) is 4.79 Å². The molecule has 2 unspecified atom stereocenters. The van der Waals surface area contributed by atoms with E-state index < -0.39 is 0 Å². The summed E-state index contributed by atoms with van der Waals surface area (Å²) in [6.07, 6.45) is 5.00. The Morgan fingerprint density at radius 3 is 2.53 bits per heavy atom. The maximum atomic E-state index is 11.7. The maximum Gasteiger partial charge on any atom is 0.237 e. The average molecular weight is 212 g/mol. The number of carbonyl (C=O) groups excluding carboxylic acids is 1. The van der Waals surface area contributed by atoms with E-state index in [-0.39, 0.29) is 18.0 Å². The molecule has 0 spiro atoms. The maximum absolute atomic E-state index is 11.7. The van der Waals surface area contributed by atoms with Crippen LogP contribution in [0, 0.1) is 5.92 Å². The molecule has 0 saturated heterocycles. The van der Waals surface area contributed by atoms with Gasteiger partial charge in [0.25, 0.3) is 0 Å². The van der Waals surface area contributed by atoms with E-state index in [1.807, 2.05) is 13.8 Å². The SMILES string of the molecule is CCC(C)NC(=O)C(C)NCC1CCC1. The van der Waals surface area contributed by atoms with Gasteiger partial charge in [-0.1, -0.05) is 13.3 Å². The highest BCUT2D eigenvalue weighted by atomic mass is 16.2. The van der Waals surface area contributed by atoms with E-state index in [0.29, 0.717) is 0 Å². The van der Waals surface area contributed by atoms with Crippen LogP contribution in [0.15, 0.2) is 0 Å². The molecule has 1 fully saturated rings. The van der Waals surface area contributed by atoms with Gasteiger partial charge < -0.3 is 10.6 Å². The lowest BCUT2D eigenvalue weighted by molar-refractivity contribution is -0.123. The second-order valence-corrected chi connectivity index (χ2v) is 4.74. The molecule has 15 heavy (non-hydrogen) atoms. The normalized spacial score (nSPS) is 20.5. The highest BCUT2D eigenvalue weighted by Crippen LogP contribution is 2.25. The van der Waals surface area contributed by atoms with Crippen molar-refractivity contribution < 1.29 is 4.79 Å². The fourth-order valence-corrected chi connectivity index (χ4v) is 1.60. The standard InChI is InChI=1S/C12H24N2O/c1-4-9(2)14-12(15)10(3)13-8-11-6-5-7-11/h9-11,13H,4-8H2,1-3H3,(H,14,15). The molecule has 1 rings (SSSR count). The minimum atomic E-state index is -0.0559. The van der Waals surface area contributed by atoms with E-state index in [1.54, 1.807) is 0 Å². The fourth-order valence-electron chi connectivity index (χ4n) is 1.60. The zero-order valence-electron chi connectivity index (χ0n) is 10.2. The van der Waals surface area contributed by atoms with E-state index >= 15 is 0 Å². The van der Waals surface area contributed by atoms with Crippen molar-refractivity contribution in [1.82, 2.24) is 10.6 Å². The average Bonchev–Trinajstić information content (AvgIpc) is 2.14. The Kier molecular flexibility index (Phi) is 5.09. The lowest BCUT2D eigenvalue weighted by Gasteiger charge is -2.27. The van der Waals surface area contributed by atoms with Crippen LogP contribution >= 0.6 is 0 Å². The molecule has 2 N–H and O–H groups in total. The molecule has 88 valence electrons. The van der Waals surface area contributed by atoms with Crippen LogP contribution in [0.5, 0.6) is 0 Å². The van der Waals surface area contributed by atoms with Crippen LogP contribution in [-0.4, -0.2) is 24.5 Å². The van der Waals surface area contributed by atoms with Gasteiger partial charge in [0.2, 0.25) is 5.91 Å². The molecule has 0 heterocycles. The minimum Gasteiger partial charge on any atom is -0.352 e. The number of hydrogen-bond acceptors (Lipinski definition) is 2. The number of nitrogens with one attached hydrogen (secondary N) is 2. The highest BCUT2D eigenvalue weighted by molar-refractivity contribution is 5.81. The summed E-state index contributed by atoms with van der Waals surface area (Å²) in [5, 5.41) is 6.29. The van der Waals surface area contributed by atoms with Crippen molar-refractivity contribution in [1.29, 1.82) is 0 Å². The minimum absolute atomic E-state index is 0.0559. The third-order valence-corrected chi connectivity index (χ3v) is 3.33. The molecule has 0 radical (unpaired) electrons. The van der Waals surface area contributed by atoms with Crippen LogP contribution in [0.2, 0.25) is 0 Å². The van der Waals surface area contributed by atoms with Gasteiger partial charge in [0.15, 0.2) is 0 Å². The molecule has 3 nitrogen and oxygen atoms in total. The Labute approximate surface area is 93.0 Å². The largest absolute Gasteiger partial charge is 0.352 e. The number of hydrogen-bond donors (Lipinski definition) is 2. The van der Waals surface area contributed by atoms with Gasteiger partial charge in [-0.05, 0) is 45.6 Å². The Bertz CT molecular complexity index is 202. The third kappa shape index (κ3) is 4.20. The summed E-state index contributed by atoms with van der Waals surface area (Å²) in [5.41, 5.74) is 0. The van der Waals surface area contributed by atoms with Crippen LogP contribution < -0.4 is 10.6 Å². The summed E-state index contributed by atoms with van der Waals surface area (Å²) >= 11 is 0. The van der Waals surface area contributed by atoms with Crippen molar-refractivity contribution in [2.45, 2.75) is 58.5 Å². The summed E-state index contributed by atoms with van der Waals surface area (Å²) in [4.78, 5) is 11.7. The molecule has 0 aromatic heterocycles. The van der Waals surface area contributed by atoms with Crippen molar-refractivity contribution in [3.8, 4) is 0 Å². The predicted molar refractivity (Wildman–Crippen MR) is 62.7 cm³/mol. The van der Waals surface area contributed by atoms with Gasteiger partial charge in [0, 0.05) is 6.04 Å². The molecular formula is C12H24N2O. The Balaban J connectivity index is 2.14. The summed E-state index contributed by atoms with van der Waals surface area (Å²) in [5.74, 6) is 0.938. The fraction of sp³-hybridized carbons (Fsp3) is 0.917. The third-order valence-electron chi connectivity index (χ3n) is 3.33. The Morgan fingerprint density at radius 1 is 1.40 bits per heavy atom. The van der Waals surface area contributed by atoms with Crippen molar-refractivity contribution in [3.05, 3.63) is 0 Å². The molecular weight excluding hydrogens is 188 g/mol. The predicted octanol–water partition coefficient (Wildman–Crippen LogP) is 1.68. The molecule has 3 heteroatoms. The first-order valence-electron chi connectivity index (χ1n) is 6.17. The number of amides is 1. The first kappa shape index (κ1) is 12.5. The topological polar surface area (TPSA) is 41.1 Å². The van der Waals surface area contributed by atoms with Gasteiger partial charge in [-0.3, -0.25) is 4.79 Å². The number of rotatable bonds is 6. The highest BCUT2D eigenvalue weighted by Gasteiger charge is 2.20. The molecule has 0 bridgehead atoms. The van der Waals surface area contributed by atoms with Crippen LogP contribution in [0.3, 0.4) is 0 Å². The zero-order chi connectivity index (χ0) is 11.3. The van der Waals surface area contributed by atoms with Gasteiger partial charge in [0.1, 0.15) is 0 Å². The molecule has 1 aliphatic rings. The van der Waals surface area contributed by atoms with Gasteiger partial charge in [0.05, 0.1) is 6.04 Å². The van der Waals surface area contributed by atoms with Crippen LogP contribution in [0.4, 0.5) is 0 Å². The van der Waals surface area contributed by atoms with E-state index in [2.05, 4.69) is 17.6 Å². The van der Waals surface area contributed by atoms with Crippen LogP contribution in [0.25, 0.3) is 0 Å². The zero-order valence-corrected chi connectivity index (χ0v) is 10.2. The van der Waals surface area contributed by atoms with Crippen LogP contribution in [0.1, 0.15) is 46.5 Å². The van der Waals surface area contributed by atoms with Crippen molar-refractivity contribution in [2.75, 3.05) is 6.54 Å². The summed E-state index contributed by atoms with van der Waals surface area (Å²) in [6.45, 7) is 7.05. The lowest BCUT2D eigenvalue weighted by Crippen LogP contribution is -2.47. The van der Waals surface area contributed by atoms with Crippen molar-refractivity contribution in [3.63, 3.8) is 0 Å². The van der Waals surface area contributed by atoms with E-state index in [4.69, 9.17) is 0 Å². The van der Waals surface area contributed by atoms with Crippen molar-refractivity contribution in [2.24, 2.45) is 5.92 Å².